The van der Waals surface area contributed by atoms with Gasteiger partial charge in [0.2, 0.25) is 0 Å². The molecule has 0 aromatic rings. The van der Waals surface area contributed by atoms with Gasteiger partial charge in [0, 0.05) is 0 Å². The lowest BCUT2D eigenvalue weighted by Crippen LogP contribution is -2.42. The van der Waals surface area contributed by atoms with Gasteiger partial charge in [-0.3, -0.25) is 0 Å². The Morgan fingerprint density at radius 3 is 0.625 bits per heavy atom. The summed E-state index contributed by atoms with van der Waals surface area (Å²) in [6, 6.07) is 0. The molecule has 0 heteroatoms. The van der Waals surface area contributed by atoms with Gasteiger partial charge in [-0.15, -0.1) is 0 Å². The minimum absolute atomic E-state index is 0.473. The molecule has 0 radical (unpaired) electrons. The Morgan fingerprint density at radius 2 is 0.500 bits per heavy atom. The van der Waals surface area contributed by atoms with Crippen molar-refractivity contribution >= 4 is 0 Å². The summed E-state index contributed by atoms with van der Waals surface area (Å²) in [4.78, 5) is 0. The highest BCUT2D eigenvalue weighted by atomic mass is 14.5. The highest BCUT2D eigenvalue weighted by Crippen LogP contribution is 2.56. The zero-order valence-electron chi connectivity index (χ0n) is 12.8. The third-order valence-electron chi connectivity index (χ3n) is 6.41. The molecule has 1 rings (SSSR count). The van der Waals surface area contributed by atoms with Crippen LogP contribution in [0.2, 0.25) is 0 Å². The van der Waals surface area contributed by atoms with Crippen molar-refractivity contribution in [3.63, 3.8) is 0 Å². The molecular weight excluding hydrogens is 192 g/mol. The first-order valence-corrected chi connectivity index (χ1v) is 6.91. The molecule has 0 N–H and O–H groups in total. The molecule has 0 nitrogen and oxygen atoms in total. The van der Waals surface area contributed by atoms with E-state index in [0.29, 0.717) is 21.7 Å². The molecule has 0 heterocycles. The van der Waals surface area contributed by atoms with Crippen molar-refractivity contribution in [3.8, 4) is 0 Å². The standard InChI is InChI=1S/C16H32/c1-13(2)9-10-15(5,6)16(7,8)12-11-14(13,3)4/h9-12H2,1-8H3. The van der Waals surface area contributed by atoms with Gasteiger partial charge in [-0.2, -0.15) is 0 Å². The molecule has 0 saturated heterocycles. The molecule has 0 aromatic carbocycles. The summed E-state index contributed by atoms with van der Waals surface area (Å²) in [5.41, 5.74) is 1.89. The molecule has 1 saturated carbocycles. The van der Waals surface area contributed by atoms with Gasteiger partial charge in [-0.1, -0.05) is 55.4 Å². The highest BCUT2D eigenvalue weighted by molar-refractivity contribution is 4.96. The maximum Gasteiger partial charge on any atom is -0.0303 e. The van der Waals surface area contributed by atoms with Crippen molar-refractivity contribution in [3.05, 3.63) is 0 Å². The van der Waals surface area contributed by atoms with Crippen LogP contribution in [0.5, 0.6) is 0 Å². The minimum Gasteiger partial charge on any atom is -0.0594 e. The van der Waals surface area contributed by atoms with Crippen LogP contribution >= 0.6 is 0 Å². The van der Waals surface area contributed by atoms with Gasteiger partial charge in [0.05, 0.1) is 0 Å². The summed E-state index contributed by atoms with van der Waals surface area (Å²) in [6.45, 7) is 19.7. The molecule has 16 heavy (non-hydrogen) atoms. The first-order chi connectivity index (χ1) is 6.91. The van der Waals surface area contributed by atoms with Crippen LogP contribution in [0.4, 0.5) is 0 Å². The molecule has 0 aromatic heterocycles. The molecule has 0 atom stereocenters. The number of hydrogen-bond acceptors (Lipinski definition) is 0. The van der Waals surface area contributed by atoms with Crippen LogP contribution in [0.1, 0.15) is 81.1 Å². The summed E-state index contributed by atoms with van der Waals surface area (Å²) in [7, 11) is 0. The maximum absolute atomic E-state index is 2.46. The van der Waals surface area contributed by atoms with E-state index < -0.39 is 0 Å². The summed E-state index contributed by atoms with van der Waals surface area (Å²) in [6.07, 6.45) is 5.43. The van der Waals surface area contributed by atoms with Crippen molar-refractivity contribution in [2.24, 2.45) is 21.7 Å². The van der Waals surface area contributed by atoms with Crippen LogP contribution < -0.4 is 0 Å². The Kier molecular flexibility index (Phi) is 3.30. The minimum atomic E-state index is 0.473. The molecular formula is C16H32. The molecule has 0 amide bonds. The lowest BCUT2D eigenvalue weighted by molar-refractivity contribution is -0.0164. The van der Waals surface area contributed by atoms with Crippen LogP contribution in [0, 0.1) is 21.7 Å². The molecule has 1 aliphatic carbocycles. The van der Waals surface area contributed by atoms with Gasteiger partial charge in [-0.05, 0) is 47.3 Å². The van der Waals surface area contributed by atoms with Gasteiger partial charge in [0.25, 0.3) is 0 Å². The third kappa shape index (κ3) is 2.31. The first-order valence-electron chi connectivity index (χ1n) is 6.91. The van der Waals surface area contributed by atoms with Crippen molar-refractivity contribution in [1.29, 1.82) is 0 Å². The Hall–Kier alpha value is 0. The SMILES string of the molecule is CC1(C)CCC(C)(C)C(C)(C)CCC1(C)C. The Balaban J connectivity index is 2.98. The van der Waals surface area contributed by atoms with Gasteiger partial charge < -0.3 is 0 Å². The summed E-state index contributed by atoms with van der Waals surface area (Å²) < 4.78 is 0. The first kappa shape index (κ1) is 14.1. The van der Waals surface area contributed by atoms with Crippen LogP contribution in [0.25, 0.3) is 0 Å². The van der Waals surface area contributed by atoms with E-state index in [1.165, 1.54) is 25.7 Å². The smallest absolute Gasteiger partial charge is 0.0303 e. The normalized spacial score (nSPS) is 31.5. The van der Waals surface area contributed by atoms with E-state index in [-0.39, 0.29) is 0 Å². The van der Waals surface area contributed by atoms with E-state index in [4.69, 9.17) is 0 Å². The van der Waals surface area contributed by atoms with Gasteiger partial charge in [-0.25, -0.2) is 0 Å². The molecule has 1 aliphatic rings. The quantitative estimate of drug-likeness (QED) is 0.497. The molecule has 96 valence electrons. The third-order valence-corrected chi connectivity index (χ3v) is 6.41. The molecule has 0 bridgehead atoms. The van der Waals surface area contributed by atoms with Crippen LogP contribution in [0.3, 0.4) is 0 Å². The lowest BCUT2D eigenvalue weighted by atomic mass is 9.53. The molecule has 0 unspecified atom stereocenters. The van der Waals surface area contributed by atoms with Gasteiger partial charge in [0.1, 0.15) is 0 Å². The van der Waals surface area contributed by atoms with Gasteiger partial charge >= 0.3 is 0 Å². The van der Waals surface area contributed by atoms with Crippen molar-refractivity contribution in [2.45, 2.75) is 81.1 Å². The van der Waals surface area contributed by atoms with Crippen molar-refractivity contribution in [1.82, 2.24) is 0 Å². The zero-order chi connectivity index (χ0) is 12.8. The van der Waals surface area contributed by atoms with E-state index in [9.17, 15) is 0 Å². The average Bonchev–Trinajstić information content (AvgIpc) is 2.11. The largest absolute Gasteiger partial charge is 0.0594 e. The van der Waals surface area contributed by atoms with E-state index in [1.54, 1.807) is 0 Å². The topological polar surface area (TPSA) is 0 Å². The fraction of sp³-hybridized carbons (Fsp3) is 1.00. The second kappa shape index (κ2) is 3.75. The van der Waals surface area contributed by atoms with E-state index >= 15 is 0 Å². The Bertz CT molecular complexity index is 197. The summed E-state index contributed by atoms with van der Waals surface area (Å²) in [5.74, 6) is 0. The van der Waals surface area contributed by atoms with Crippen LogP contribution in [0.15, 0.2) is 0 Å². The van der Waals surface area contributed by atoms with E-state index in [0.717, 1.165) is 0 Å². The van der Waals surface area contributed by atoms with Crippen LogP contribution in [-0.2, 0) is 0 Å². The number of hydrogen-bond donors (Lipinski definition) is 0. The second-order valence-electron chi connectivity index (χ2n) is 8.54. The Labute approximate surface area is 103 Å². The molecule has 0 aliphatic heterocycles. The summed E-state index contributed by atoms with van der Waals surface area (Å²) >= 11 is 0. The highest BCUT2D eigenvalue weighted by Gasteiger charge is 2.45. The average molecular weight is 224 g/mol. The fourth-order valence-corrected chi connectivity index (χ4v) is 2.60. The Morgan fingerprint density at radius 1 is 0.375 bits per heavy atom. The fourth-order valence-electron chi connectivity index (χ4n) is 2.60. The predicted molar refractivity (Wildman–Crippen MR) is 73.6 cm³/mol. The molecule has 0 spiro atoms. The lowest BCUT2D eigenvalue weighted by Gasteiger charge is -2.52. The van der Waals surface area contributed by atoms with Crippen molar-refractivity contribution in [2.75, 3.05) is 0 Å². The van der Waals surface area contributed by atoms with Crippen LogP contribution in [-0.4, -0.2) is 0 Å². The zero-order valence-corrected chi connectivity index (χ0v) is 12.8. The van der Waals surface area contributed by atoms with Gasteiger partial charge in [0.15, 0.2) is 0 Å². The van der Waals surface area contributed by atoms with E-state index in [1.807, 2.05) is 0 Å². The summed E-state index contributed by atoms with van der Waals surface area (Å²) in [5, 5.41) is 0. The van der Waals surface area contributed by atoms with Crippen molar-refractivity contribution < 1.29 is 0 Å². The predicted octanol–water partition coefficient (Wildman–Crippen LogP) is 5.67. The molecule has 1 fully saturated rings. The monoisotopic (exact) mass is 224 g/mol. The maximum atomic E-state index is 2.46. The van der Waals surface area contributed by atoms with E-state index in [2.05, 4.69) is 55.4 Å². The second-order valence-corrected chi connectivity index (χ2v) is 8.54. The number of rotatable bonds is 0.